The molecule has 0 saturated heterocycles. The van der Waals surface area contributed by atoms with E-state index >= 15 is 0 Å². The van der Waals surface area contributed by atoms with E-state index in [2.05, 4.69) is 33.8 Å². The Balaban J connectivity index is 1.98. The van der Waals surface area contributed by atoms with Crippen molar-refractivity contribution < 1.29 is 19.0 Å². The molecule has 0 saturated carbocycles. The molecule has 1 heterocycles. The monoisotopic (exact) mass is 470 g/mol. The molecule has 0 atom stereocenters. The summed E-state index contributed by atoms with van der Waals surface area (Å²) in [6.45, 7) is 9.28. The molecule has 0 aliphatic carbocycles. The van der Waals surface area contributed by atoms with Crippen molar-refractivity contribution in [1.82, 2.24) is 0 Å². The molecule has 34 heavy (non-hydrogen) atoms. The van der Waals surface area contributed by atoms with Gasteiger partial charge in [0.2, 0.25) is 5.75 Å². The summed E-state index contributed by atoms with van der Waals surface area (Å²) in [5, 5.41) is 10.8. The normalized spacial score (nSPS) is 11.6. The summed E-state index contributed by atoms with van der Waals surface area (Å²) < 4.78 is 17.1. The molecular formula is C29H42O5. The highest BCUT2D eigenvalue weighted by molar-refractivity contribution is 5.89. The maximum absolute atomic E-state index is 12.3. The lowest BCUT2D eigenvalue weighted by atomic mass is 10.1. The SMILES string of the molecule is CCCCCCCCCCOc1cccc2c(OC/C=C(\C)CCC=C(C)C)c(O)c(=O)oc12. The zero-order valence-electron chi connectivity index (χ0n) is 21.5. The molecule has 2 aromatic rings. The van der Waals surface area contributed by atoms with Crippen LogP contribution in [0.25, 0.3) is 11.0 Å². The second kappa shape index (κ2) is 15.3. The molecular weight excluding hydrogens is 428 g/mol. The zero-order valence-corrected chi connectivity index (χ0v) is 21.5. The highest BCUT2D eigenvalue weighted by atomic mass is 16.5. The molecule has 0 bridgehead atoms. The Morgan fingerprint density at radius 2 is 1.68 bits per heavy atom. The molecule has 5 heteroatoms. The smallest absolute Gasteiger partial charge is 0.382 e. The number of rotatable bonds is 16. The van der Waals surface area contributed by atoms with Crippen molar-refractivity contribution in [2.24, 2.45) is 0 Å². The van der Waals surface area contributed by atoms with Crippen LogP contribution in [-0.4, -0.2) is 18.3 Å². The number of aromatic hydroxyl groups is 1. The van der Waals surface area contributed by atoms with Gasteiger partial charge in [0.1, 0.15) is 6.61 Å². The summed E-state index contributed by atoms with van der Waals surface area (Å²) in [5.74, 6) is 0.122. The molecule has 0 radical (unpaired) electrons. The lowest BCUT2D eigenvalue weighted by Crippen LogP contribution is -2.05. The summed E-state index contributed by atoms with van der Waals surface area (Å²) in [6, 6.07) is 5.37. The van der Waals surface area contributed by atoms with Gasteiger partial charge in [0.25, 0.3) is 0 Å². The lowest BCUT2D eigenvalue weighted by molar-refractivity contribution is 0.298. The number of hydrogen-bond donors (Lipinski definition) is 1. The summed E-state index contributed by atoms with van der Waals surface area (Å²) >= 11 is 0. The second-order valence-corrected chi connectivity index (χ2v) is 9.21. The predicted molar refractivity (Wildman–Crippen MR) is 140 cm³/mol. The van der Waals surface area contributed by atoms with Gasteiger partial charge in [0.15, 0.2) is 17.1 Å². The van der Waals surface area contributed by atoms with Gasteiger partial charge in [-0.15, -0.1) is 0 Å². The van der Waals surface area contributed by atoms with Crippen LogP contribution in [0, 0.1) is 0 Å². The van der Waals surface area contributed by atoms with Gasteiger partial charge in [-0.1, -0.05) is 75.2 Å². The Hall–Kier alpha value is -2.69. The second-order valence-electron chi connectivity index (χ2n) is 9.21. The standard InChI is InChI=1S/C29H42O5/c1-5-6-7-8-9-10-11-12-20-32-25-18-14-17-24-27(25)34-29(31)26(30)28(24)33-21-19-23(4)16-13-15-22(2)3/h14-15,17-19,30H,5-13,16,20-21H2,1-4H3/b23-19+. The average molecular weight is 471 g/mol. The first-order valence-corrected chi connectivity index (χ1v) is 12.8. The number of fused-ring (bicyclic) bond motifs is 1. The van der Waals surface area contributed by atoms with Crippen LogP contribution in [0.2, 0.25) is 0 Å². The van der Waals surface area contributed by atoms with Gasteiger partial charge in [-0.25, -0.2) is 4.79 Å². The van der Waals surface area contributed by atoms with E-state index < -0.39 is 11.4 Å². The van der Waals surface area contributed by atoms with Gasteiger partial charge < -0.3 is 19.0 Å². The highest BCUT2D eigenvalue weighted by Crippen LogP contribution is 2.36. The van der Waals surface area contributed by atoms with E-state index in [9.17, 15) is 9.90 Å². The van der Waals surface area contributed by atoms with Crippen LogP contribution in [0.15, 0.2) is 50.7 Å². The number of hydrogen-bond acceptors (Lipinski definition) is 5. The molecule has 0 unspecified atom stereocenters. The third-order valence-electron chi connectivity index (χ3n) is 5.83. The van der Waals surface area contributed by atoms with Crippen molar-refractivity contribution in [3.63, 3.8) is 0 Å². The molecule has 5 nitrogen and oxygen atoms in total. The van der Waals surface area contributed by atoms with E-state index in [-0.39, 0.29) is 12.4 Å². The minimum atomic E-state index is -0.824. The Morgan fingerprint density at radius 3 is 2.38 bits per heavy atom. The van der Waals surface area contributed by atoms with Gasteiger partial charge in [0, 0.05) is 0 Å². The Morgan fingerprint density at radius 1 is 0.971 bits per heavy atom. The molecule has 1 aromatic carbocycles. The first-order chi connectivity index (χ1) is 16.4. The third kappa shape index (κ3) is 9.28. The van der Waals surface area contributed by atoms with Crippen molar-refractivity contribution in [3.05, 3.63) is 51.9 Å². The molecule has 188 valence electrons. The lowest BCUT2D eigenvalue weighted by Gasteiger charge is -2.12. The summed E-state index contributed by atoms with van der Waals surface area (Å²) in [6.07, 6.45) is 15.9. The fourth-order valence-electron chi connectivity index (χ4n) is 3.80. The topological polar surface area (TPSA) is 68.9 Å². The van der Waals surface area contributed by atoms with E-state index in [4.69, 9.17) is 13.9 Å². The molecule has 0 amide bonds. The van der Waals surface area contributed by atoms with E-state index in [0.717, 1.165) is 25.7 Å². The number of unbranched alkanes of at least 4 members (excludes halogenated alkanes) is 7. The minimum absolute atomic E-state index is 0.136. The molecule has 0 aliphatic heterocycles. The Kier molecular flexibility index (Phi) is 12.4. The fraction of sp³-hybridized carbons (Fsp3) is 0.552. The molecule has 2 rings (SSSR count). The zero-order chi connectivity index (χ0) is 24.8. The van der Waals surface area contributed by atoms with Gasteiger partial charge in [0.05, 0.1) is 12.0 Å². The number of para-hydroxylation sites is 1. The number of ether oxygens (including phenoxy) is 2. The van der Waals surface area contributed by atoms with E-state index in [1.807, 2.05) is 12.1 Å². The van der Waals surface area contributed by atoms with Gasteiger partial charge in [-0.05, 0) is 58.2 Å². The maximum Gasteiger partial charge on any atom is 0.382 e. The van der Waals surface area contributed by atoms with E-state index in [1.54, 1.807) is 12.1 Å². The quantitative estimate of drug-likeness (QED) is 0.152. The molecule has 1 N–H and O–H groups in total. The summed E-state index contributed by atoms with van der Waals surface area (Å²) in [4.78, 5) is 12.3. The van der Waals surface area contributed by atoms with Crippen LogP contribution in [0.3, 0.4) is 0 Å². The first kappa shape index (κ1) is 27.6. The Bertz CT molecular complexity index is 995. The molecule has 0 spiro atoms. The number of benzene rings is 1. The fourth-order valence-corrected chi connectivity index (χ4v) is 3.80. The largest absolute Gasteiger partial charge is 0.499 e. The van der Waals surface area contributed by atoms with Crippen LogP contribution in [0.5, 0.6) is 17.2 Å². The van der Waals surface area contributed by atoms with Crippen molar-refractivity contribution in [1.29, 1.82) is 0 Å². The van der Waals surface area contributed by atoms with Crippen LogP contribution >= 0.6 is 0 Å². The summed E-state index contributed by atoms with van der Waals surface area (Å²) in [5.41, 5.74) is 1.98. The van der Waals surface area contributed by atoms with Gasteiger partial charge in [-0.3, -0.25) is 0 Å². The molecule has 0 aliphatic rings. The van der Waals surface area contributed by atoms with E-state index in [0.29, 0.717) is 23.3 Å². The average Bonchev–Trinajstić information content (AvgIpc) is 2.80. The predicted octanol–water partition coefficient (Wildman–Crippen LogP) is 8.09. The third-order valence-corrected chi connectivity index (χ3v) is 5.83. The summed E-state index contributed by atoms with van der Waals surface area (Å²) in [7, 11) is 0. The van der Waals surface area contributed by atoms with E-state index in [1.165, 1.54) is 49.7 Å². The van der Waals surface area contributed by atoms with Crippen LogP contribution in [0.1, 0.15) is 91.9 Å². The first-order valence-electron chi connectivity index (χ1n) is 12.8. The molecule has 1 aromatic heterocycles. The maximum atomic E-state index is 12.3. The number of allylic oxidation sites excluding steroid dienone is 3. The van der Waals surface area contributed by atoms with Crippen molar-refractivity contribution in [2.45, 2.75) is 91.9 Å². The Labute approximate surface area is 204 Å². The highest BCUT2D eigenvalue weighted by Gasteiger charge is 2.18. The van der Waals surface area contributed by atoms with Gasteiger partial charge in [-0.2, -0.15) is 0 Å². The van der Waals surface area contributed by atoms with Crippen LogP contribution < -0.4 is 15.1 Å². The molecule has 0 fully saturated rings. The van der Waals surface area contributed by atoms with Crippen LogP contribution in [0.4, 0.5) is 0 Å². The van der Waals surface area contributed by atoms with Crippen molar-refractivity contribution in [3.8, 4) is 17.2 Å². The minimum Gasteiger partial charge on any atom is -0.499 e. The van der Waals surface area contributed by atoms with Crippen molar-refractivity contribution >= 4 is 11.0 Å². The van der Waals surface area contributed by atoms with Crippen molar-refractivity contribution in [2.75, 3.05) is 13.2 Å². The van der Waals surface area contributed by atoms with Crippen LogP contribution in [-0.2, 0) is 0 Å². The van der Waals surface area contributed by atoms with Gasteiger partial charge >= 0.3 is 5.63 Å².